The molecule has 0 aromatic carbocycles. The summed E-state index contributed by atoms with van der Waals surface area (Å²) >= 11 is 7.71. The molecule has 0 aliphatic carbocycles. The van der Waals surface area contributed by atoms with Gasteiger partial charge in [0.15, 0.2) is 5.82 Å². The van der Waals surface area contributed by atoms with E-state index in [4.69, 9.17) is 0 Å². The van der Waals surface area contributed by atoms with Crippen LogP contribution in [0.1, 0.15) is 15.4 Å². The van der Waals surface area contributed by atoms with Gasteiger partial charge in [0, 0.05) is 0 Å². The number of hydrogen-bond donors (Lipinski definition) is 1. The third kappa shape index (κ3) is 2.88. The summed E-state index contributed by atoms with van der Waals surface area (Å²) in [4.78, 5) is 24.6. The van der Waals surface area contributed by atoms with Crippen molar-refractivity contribution in [1.82, 2.24) is 15.0 Å². The zero-order chi connectivity index (χ0) is 12.4. The van der Waals surface area contributed by atoms with Crippen molar-refractivity contribution in [2.45, 2.75) is 6.92 Å². The molecule has 2 heterocycles. The lowest BCUT2D eigenvalue weighted by atomic mass is 10.4. The summed E-state index contributed by atoms with van der Waals surface area (Å²) in [5, 5.41) is 2.67. The Kier molecular flexibility index (Phi) is 3.85. The van der Waals surface area contributed by atoms with Crippen LogP contribution in [0, 0.1) is 6.92 Å². The van der Waals surface area contributed by atoms with Crippen LogP contribution in [-0.4, -0.2) is 20.9 Å². The summed E-state index contributed by atoms with van der Waals surface area (Å²) in [5.41, 5.74) is 2.33. The van der Waals surface area contributed by atoms with E-state index >= 15 is 0 Å². The van der Waals surface area contributed by atoms with E-state index in [0.29, 0.717) is 25.6 Å². The summed E-state index contributed by atoms with van der Waals surface area (Å²) in [6.45, 7) is 1.79. The lowest BCUT2D eigenvalue weighted by molar-refractivity contribution is 0.102. The number of aromatic nitrogens is 3. The molecular weight excluding hydrogens is 372 g/mol. The first kappa shape index (κ1) is 12.6. The van der Waals surface area contributed by atoms with E-state index in [1.165, 1.54) is 17.5 Å². The van der Waals surface area contributed by atoms with Gasteiger partial charge in [0.05, 0.1) is 17.4 Å². The number of carbonyl (C=O) groups is 1. The molecule has 0 aliphatic rings. The van der Waals surface area contributed by atoms with Crippen LogP contribution in [0.3, 0.4) is 0 Å². The second-order valence-electron chi connectivity index (χ2n) is 3.05. The smallest absolute Gasteiger partial charge is 0.268 e. The first-order valence-electron chi connectivity index (χ1n) is 4.47. The van der Waals surface area contributed by atoms with E-state index in [1.54, 1.807) is 12.4 Å². The standard InChI is InChI=1S/C9H6Br2N4OS/c1-4-6(17-3-13-4)9(16)15-8-7(11)14-5(10)2-12-8/h2-3H,1H3,(H,12,15,16). The lowest BCUT2D eigenvalue weighted by Crippen LogP contribution is -2.13. The quantitative estimate of drug-likeness (QED) is 0.873. The van der Waals surface area contributed by atoms with Gasteiger partial charge < -0.3 is 5.32 Å². The van der Waals surface area contributed by atoms with E-state index in [1.807, 2.05) is 0 Å². The van der Waals surface area contributed by atoms with Crippen molar-refractivity contribution in [3.05, 3.63) is 31.5 Å². The zero-order valence-electron chi connectivity index (χ0n) is 8.57. The number of halogens is 2. The molecule has 88 valence electrons. The minimum Gasteiger partial charge on any atom is -0.304 e. The monoisotopic (exact) mass is 376 g/mol. The third-order valence-corrected chi connectivity index (χ3v) is 3.75. The zero-order valence-corrected chi connectivity index (χ0v) is 12.6. The Labute approximate surface area is 118 Å². The molecule has 2 aromatic rings. The predicted octanol–water partition coefficient (Wildman–Crippen LogP) is 3.02. The van der Waals surface area contributed by atoms with Crippen LogP contribution in [0.4, 0.5) is 5.82 Å². The largest absolute Gasteiger partial charge is 0.304 e. The van der Waals surface area contributed by atoms with Crippen LogP contribution >= 0.6 is 43.2 Å². The number of rotatable bonds is 2. The van der Waals surface area contributed by atoms with Crippen LogP contribution in [-0.2, 0) is 0 Å². The Morgan fingerprint density at radius 3 is 2.76 bits per heavy atom. The number of thiazole rings is 1. The highest BCUT2D eigenvalue weighted by atomic mass is 79.9. The summed E-state index contributed by atoms with van der Waals surface area (Å²) in [5.74, 6) is 0.147. The molecule has 1 amide bonds. The molecule has 0 bridgehead atoms. The van der Waals surface area contributed by atoms with Gasteiger partial charge in [-0.15, -0.1) is 11.3 Å². The second-order valence-corrected chi connectivity index (χ2v) is 5.47. The number of nitrogens with one attached hydrogen (secondary N) is 1. The maximum absolute atomic E-state index is 11.9. The highest BCUT2D eigenvalue weighted by molar-refractivity contribution is 9.11. The second kappa shape index (κ2) is 5.19. The van der Waals surface area contributed by atoms with Crippen LogP contribution in [0.2, 0.25) is 0 Å². The first-order valence-corrected chi connectivity index (χ1v) is 6.94. The van der Waals surface area contributed by atoms with E-state index in [9.17, 15) is 4.79 Å². The molecule has 8 heteroatoms. The topological polar surface area (TPSA) is 67.8 Å². The van der Waals surface area contributed by atoms with E-state index in [-0.39, 0.29) is 5.91 Å². The van der Waals surface area contributed by atoms with Gasteiger partial charge in [-0.3, -0.25) is 4.79 Å². The molecule has 0 unspecified atom stereocenters. The fourth-order valence-electron chi connectivity index (χ4n) is 1.11. The first-order chi connectivity index (χ1) is 8.08. The minimum atomic E-state index is -0.234. The van der Waals surface area contributed by atoms with Crippen molar-refractivity contribution >= 4 is 54.9 Å². The molecular formula is C9H6Br2N4OS. The number of aryl methyl sites for hydroxylation is 1. The average Bonchev–Trinajstić information content (AvgIpc) is 2.68. The molecule has 0 saturated heterocycles. The molecule has 1 N–H and O–H groups in total. The summed E-state index contributed by atoms with van der Waals surface area (Å²) in [7, 11) is 0. The van der Waals surface area contributed by atoms with Crippen molar-refractivity contribution in [3.63, 3.8) is 0 Å². The Balaban J connectivity index is 2.22. The fourth-order valence-corrected chi connectivity index (χ4v) is 2.72. The van der Waals surface area contributed by atoms with Gasteiger partial charge in [-0.2, -0.15) is 0 Å². The molecule has 2 aromatic heterocycles. The summed E-state index contributed by atoms with van der Waals surface area (Å²) in [6.07, 6.45) is 1.51. The van der Waals surface area contributed by atoms with E-state index in [2.05, 4.69) is 52.1 Å². The Hall–Kier alpha value is -0.860. The van der Waals surface area contributed by atoms with Gasteiger partial charge in [-0.05, 0) is 38.8 Å². The highest BCUT2D eigenvalue weighted by Crippen LogP contribution is 2.21. The van der Waals surface area contributed by atoms with Crippen LogP contribution in [0.15, 0.2) is 20.9 Å². The van der Waals surface area contributed by atoms with Gasteiger partial charge in [-0.1, -0.05) is 0 Å². The third-order valence-electron chi connectivity index (χ3n) is 1.88. The Bertz CT molecular complexity index is 572. The molecule has 2 rings (SSSR count). The summed E-state index contributed by atoms with van der Waals surface area (Å²) in [6, 6.07) is 0. The van der Waals surface area contributed by atoms with Crippen LogP contribution < -0.4 is 5.32 Å². The molecule has 0 spiro atoms. The maximum atomic E-state index is 11.9. The van der Waals surface area contributed by atoms with Crippen LogP contribution in [0.25, 0.3) is 0 Å². The minimum absolute atomic E-state index is 0.234. The normalized spacial score (nSPS) is 10.3. The molecule has 0 aliphatic heterocycles. The van der Waals surface area contributed by atoms with Gasteiger partial charge >= 0.3 is 0 Å². The SMILES string of the molecule is Cc1ncsc1C(=O)Nc1ncc(Br)nc1Br. The maximum Gasteiger partial charge on any atom is 0.268 e. The number of amides is 1. The predicted molar refractivity (Wildman–Crippen MR) is 72.2 cm³/mol. The molecule has 0 atom stereocenters. The average molecular weight is 378 g/mol. The van der Waals surface area contributed by atoms with Crippen molar-refractivity contribution in [2.24, 2.45) is 0 Å². The Morgan fingerprint density at radius 1 is 1.41 bits per heavy atom. The summed E-state index contributed by atoms with van der Waals surface area (Å²) < 4.78 is 1.07. The number of hydrogen-bond acceptors (Lipinski definition) is 5. The molecule has 17 heavy (non-hydrogen) atoms. The highest BCUT2D eigenvalue weighted by Gasteiger charge is 2.14. The number of carbonyl (C=O) groups excluding carboxylic acids is 1. The molecule has 5 nitrogen and oxygen atoms in total. The van der Waals surface area contributed by atoms with Gasteiger partial charge in [-0.25, -0.2) is 15.0 Å². The van der Waals surface area contributed by atoms with Crippen LogP contribution in [0.5, 0.6) is 0 Å². The van der Waals surface area contributed by atoms with Crippen molar-refractivity contribution < 1.29 is 4.79 Å². The van der Waals surface area contributed by atoms with Crippen molar-refractivity contribution in [1.29, 1.82) is 0 Å². The fraction of sp³-hybridized carbons (Fsp3) is 0.111. The van der Waals surface area contributed by atoms with E-state index < -0.39 is 0 Å². The van der Waals surface area contributed by atoms with E-state index in [0.717, 1.165) is 0 Å². The number of nitrogens with zero attached hydrogens (tertiary/aromatic N) is 3. The molecule has 0 fully saturated rings. The van der Waals surface area contributed by atoms with Gasteiger partial charge in [0.1, 0.15) is 14.1 Å². The Morgan fingerprint density at radius 2 is 2.18 bits per heavy atom. The van der Waals surface area contributed by atoms with Gasteiger partial charge in [0.2, 0.25) is 0 Å². The lowest BCUT2D eigenvalue weighted by Gasteiger charge is -2.04. The molecule has 0 radical (unpaired) electrons. The van der Waals surface area contributed by atoms with Crippen molar-refractivity contribution in [3.8, 4) is 0 Å². The van der Waals surface area contributed by atoms with Crippen molar-refractivity contribution in [2.75, 3.05) is 5.32 Å². The van der Waals surface area contributed by atoms with Gasteiger partial charge in [0.25, 0.3) is 5.91 Å². The molecule has 0 saturated carbocycles. The number of anilines is 1.